The molecule has 0 aliphatic carbocycles. The van der Waals surface area contributed by atoms with Gasteiger partial charge in [0.1, 0.15) is 5.69 Å². The largest absolute Gasteiger partial charge is 0.469 e. The summed E-state index contributed by atoms with van der Waals surface area (Å²) in [5.41, 5.74) is 1.37. The first-order chi connectivity index (χ1) is 9.02. The summed E-state index contributed by atoms with van der Waals surface area (Å²) in [6.07, 6.45) is 1.60. The van der Waals surface area contributed by atoms with Crippen LogP contribution in [0, 0.1) is 12.8 Å². The maximum atomic E-state index is 12.4. The van der Waals surface area contributed by atoms with Crippen molar-refractivity contribution in [2.45, 2.75) is 19.8 Å². The number of hydrogen-bond acceptors (Lipinski definition) is 4. The average Bonchev–Trinajstić information content (AvgIpc) is 2.76. The summed E-state index contributed by atoms with van der Waals surface area (Å²) in [6.45, 7) is 2.95. The molecule has 6 nitrogen and oxygen atoms in total. The zero-order valence-corrected chi connectivity index (χ0v) is 11.5. The van der Waals surface area contributed by atoms with Crippen molar-refractivity contribution in [2.24, 2.45) is 13.0 Å². The summed E-state index contributed by atoms with van der Waals surface area (Å²) >= 11 is 0. The number of rotatable bonds is 2. The fourth-order valence-electron chi connectivity index (χ4n) is 2.49. The molecule has 0 radical (unpaired) electrons. The maximum Gasteiger partial charge on any atom is 0.310 e. The second kappa shape index (κ2) is 5.42. The number of hydrogen-bond donors (Lipinski definition) is 0. The van der Waals surface area contributed by atoms with Gasteiger partial charge in [0.15, 0.2) is 0 Å². The molecule has 1 aliphatic rings. The number of nitrogens with zero attached hydrogens (tertiary/aromatic N) is 3. The fraction of sp³-hybridized carbons (Fsp3) is 0.615. The van der Waals surface area contributed by atoms with Crippen molar-refractivity contribution in [3.05, 3.63) is 17.5 Å². The van der Waals surface area contributed by atoms with Gasteiger partial charge in [-0.15, -0.1) is 0 Å². The molecule has 1 aliphatic heterocycles. The van der Waals surface area contributed by atoms with Crippen LogP contribution in [0.4, 0.5) is 0 Å². The molecular weight excluding hydrogens is 246 g/mol. The molecule has 1 amide bonds. The molecular formula is C13H19N3O3. The SMILES string of the molecule is COC(=O)[C@H]1CCCN(C(=O)c2cc(C)nn2C)C1. The third-order valence-corrected chi connectivity index (χ3v) is 3.46. The van der Waals surface area contributed by atoms with E-state index in [0.717, 1.165) is 18.5 Å². The normalized spacial score (nSPS) is 19.3. The van der Waals surface area contributed by atoms with Gasteiger partial charge in [0.2, 0.25) is 0 Å². The van der Waals surface area contributed by atoms with Crippen molar-refractivity contribution >= 4 is 11.9 Å². The van der Waals surface area contributed by atoms with E-state index >= 15 is 0 Å². The summed E-state index contributed by atoms with van der Waals surface area (Å²) in [6, 6.07) is 1.77. The van der Waals surface area contributed by atoms with Crippen molar-refractivity contribution < 1.29 is 14.3 Å². The molecule has 6 heteroatoms. The molecule has 104 valence electrons. The van der Waals surface area contributed by atoms with E-state index in [-0.39, 0.29) is 17.8 Å². The minimum Gasteiger partial charge on any atom is -0.469 e. The Morgan fingerprint density at radius 1 is 1.47 bits per heavy atom. The van der Waals surface area contributed by atoms with Crippen LogP contribution in [0.25, 0.3) is 0 Å². The molecule has 0 unspecified atom stereocenters. The first-order valence-corrected chi connectivity index (χ1v) is 6.40. The van der Waals surface area contributed by atoms with Gasteiger partial charge in [0.05, 0.1) is 18.7 Å². The molecule has 2 rings (SSSR count). The van der Waals surface area contributed by atoms with Crippen molar-refractivity contribution in [3.8, 4) is 0 Å². The average molecular weight is 265 g/mol. The molecule has 0 aromatic carbocycles. The van der Waals surface area contributed by atoms with Gasteiger partial charge in [-0.25, -0.2) is 0 Å². The Morgan fingerprint density at radius 2 is 2.21 bits per heavy atom. The zero-order chi connectivity index (χ0) is 14.0. The third kappa shape index (κ3) is 2.77. The first-order valence-electron chi connectivity index (χ1n) is 6.40. The van der Waals surface area contributed by atoms with Crippen LogP contribution in [0.3, 0.4) is 0 Å². The lowest BCUT2D eigenvalue weighted by atomic mass is 9.98. The first kappa shape index (κ1) is 13.6. The molecule has 1 aromatic heterocycles. The minimum absolute atomic E-state index is 0.0725. The Bertz CT molecular complexity index is 495. The van der Waals surface area contributed by atoms with Crippen LogP contribution >= 0.6 is 0 Å². The van der Waals surface area contributed by atoms with Crippen molar-refractivity contribution in [2.75, 3.05) is 20.2 Å². The van der Waals surface area contributed by atoms with Crippen molar-refractivity contribution in [1.29, 1.82) is 0 Å². The molecule has 1 saturated heterocycles. The van der Waals surface area contributed by atoms with E-state index < -0.39 is 0 Å². The highest BCUT2D eigenvalue weighted by molar-refractivity contribution is 5.93. The van der Waals surface area contributed by atoms with Crippen LogP contribution in [0.2, 0.25) is 0 Å². The Labute approximate surface area is 112 Å². The van der Waals surface area contributed by atoms with Crippen molar-refractivity contribution in [1.82, 2.24) is 14.7 Å². The summed E-state index contributed by atoms with van der Waals surface area (Å²) in [5, 5.41) is 4.17. The van der Waals surface area contributed by atoms with Gasteiger partial charge in [-0.2, -0.15) is 5.10 Å². The molecule has 0 bridgehead atoms. The van der Waals surface area contributed by atoms with Crippen LogP contribution in [0.1, 0.15) is 29.0 Å². The summed E-state index contributed by atoms with van der Waals surface area (Å²) < 4.78 is 6.34. The molecule has 0 saturated carbocycles. The second-order valence-corrected chi connectivity index (χ2v) is 4.91. The van der Waals surface area contributed by atoms with E-state index in [1.165, 1.54) is 7.11 Å². The lowest BCUT2D eigenvalue weighted by molar-refractivity contribution is -0.146. The van der Waals surface area contributed by atoms with E-state index in [2.05, 4.69) is 5.10 Å². The van der Waals surface area contributed by atoms with Crippen LogP contribution in [-0.4, -0.2) is 46.8 Å². The van der Waals surface area contributed by atoms with Crippen LogP contribution in [0.5, 0.6) is 0 Å². The number of piperidine rings is 1. The molecule has 1 aromatic rings. The number of amides is 1. The monoisotopic (exact) mass is 265 g/mol. The summed E-state index contributed by atoms with van der Waals surface area (Å²) in [4.78, 5) is 25.7. The number of ether oxygens (including phenoxy) is 1. The van der Waals surface area contributed by atoms with Crippen molar-refractivity contribution in [3.63, 3.8) is 0 Å². The van der Waals surface area contributed by atoms with Crippen LogP contribution in [-0.2, 0) is 16.6 Å². The van der Waals surface area contributed by atoms with Gasteiger partial charge < -0.3 is 9.64 Å². The van der Waals surface area contributed by atoms with Gasteiger partial charge in [-0.05, 0) is 25.8 Å². The van der Waals surface area contributed by atoms with Crippen LogP contribution in [0.15, 0.2) is 6.07 Å². The number of aromatic nitrogens is 2. The Balaban J connectivity index is 2.11. The molecule has 2 heterocycles. The van der Waals surface area contributed by atoms with Gasteiger partial charge in [0.25, 0.3) is 5.91 Å². The Kier molecular flexibility index (Phi) is 3.87. The highest BCUT2D eigenvalue weighted by Gasteiger charge is 2.30. The topological polar surface area (TPSA) is 64.4 Å². The quantitative estimate of drug-likeness (QED) is 0.740. The standard InChI is InChI=1S/C13H19N3O3/c1-9-7-11(15(2)14-9)12(17)16-6-4-5-10(8-16)13(18)19-3/h7,10H,4-6,8H2,1-3H3/t10-/m0/s1. The van der Waals surface area contributed by atoms with Gasteiger partial charge in [-0.3, -0.25) is 14.3 Å². The van der Waals surface area contributed by atoms with Gasteiger partial charge >= 0.3 is 5.97 Å². The Morgan fingerprint density at radius 3 is 2.79 bits per heavy atom. The molecule has 0 spiro atoms. The minimum atomic E-state index is -0.237. The van der Waals surface area contributed by atoms with E-state index in [1.807, 2.05) is 6.92 Å². The van der Waals surface area contributed by atoms with E-state index in [9.17, 15) is 9.59 Å². The van der Waals surface area contributed by atoms with Gasteiger partial charge in [-0.1, -0.05) is 0 Å². The lowest BCUT2D eigenvalue weighted by Gasteiger charge is -2.31. The number of aryl methyl sites for hydroxylation is 2. The molecule has 1 fully saturated rings. The van der Waals surface area contributed by atoms with Crippen LogP contribution < -0.4 is 0 Å². The third-order valence-electron chi connectivity index (χ3n) is 3.46. The highest BCUT2D eigenvalue weighted by atomic mass is 16.5. The molecule has 1 atom stereocenters. The summed E-state index contributed by atoms with van der Waals surface area (Å²) in [5.74, 6) is -0.521. The second-order valence-electron chi connectivity index (χ2n) is 4.91. The number of methoxy groups -OCH3 is 1. The Hall–Kier alpha value is -1.85. The number of carbonyl (C=O) groups excluding carboxylic acids is 2. The van der Waals surface area contributed by atoms with E-state index in [4.69, 9.17) is 4.74 Å². The zero-order valence-electron chi connectivity index (χ0n) is 11.5. The smallest absolute Gasteiger partial charge is 0.310 e. The maximum absolute atomic E-state index is 12.4. The number of carbonyl (C=O) groups is 2. The predicted octanol–water partition coefficient (Wildman–Crippen LogP) is 0.754. The highest BCUT2D eigenvalue weighted by Crippen LogP contribution is 2.19. The summed E-state index contributed by atoms with van der Waals surface area (Å²) in [7, 11) is 3.13. The fourth-order valence-corrected chi connectivity index (χ4v) is 2.49. The van der Waals surface area contributed by atoms with Gasteiger partial charge in [0, 0.05) is 20.1 Å². The lowest BCUT2D eigenvalue weighted by Crippen LogP contribution is -2.43. The van der Waals surface area contributed by atoms with E-state index in [0.29, 0.717) is 18.8 Å². The molecule has 0 N–H and O–H groups in total. The number of likely N-dealkylation sites (tertiary alicyclic amines) is 1. The number of esters is 1. The molecule has 19 heavy (non-hydrogen) atoms. The predicted molar refractivity (Wildman–Crippen MR) is 68.6 cm³/mol. The van der Waals surface area contributed by atoms with E-state index in [1.54, 1.807) is 22.7 Å².